The van der Waals surface area contributed by atoms with Gasteiger partial charge < -0.3 is 15.0 Å². The third kappa shape index (κ3) is 3.75. The molecule has 0 aliphatic carbocycles. The van der Waals surface area contributed by atoms with Crippen LogP contribution >= 0.6 is 15.9 Å². The van der Waals surface area contributed by atoms with Crippen LogP contribution in [0.2, 0.25) is 0 Å². The molecule has 130 valence electrons. The predicted octanol–water partition coefficient (Wildman–Crippen LogP) is 3.70. The molecule has 0 fully saturated rings. The largest absolute Gasteiger partial charge is 0.387 e. The van der Waals surface area contributed by atoms with E-state index in [4.69, 9.17) is 0 Å². The van der Waals surface area contributed by atoms with E-state index in [0.717, 1.165) is 21.1 Å². The average Bonchev–Trinajstić information content (AvgIpc) is 2.85. The standard InChI is InChI=1S/C19H18BrFN2O2/c1-12-19(20)15-4-2-3-5-16(15)23(12)11-18(25)22-10-17(24)13-6-8-14(21)9-7-13/h2-9,17,24H,10-11H2,1H3,(H,22,25). The van der Waals surface area contributed by atoms with Gasteiger partial charge in [-0.15, -0.1) is 0 Å². The number of amides is 1. The molecule has 0 saturated carbocycles. The van der Waals surface area contributed by atoms with E-state index in [1.807, 2.05) is 35.8 Å². The second-order valence-corrected chi connectivity index (χ2v) is 6.67. The van der Waals surface area contributed by atoms with Crippen LogP contribution in [0, 0.1) is 12.7 Å². The van der Waals surface area contributed by atoms with Crippen molar-refractivity contribution in [2.24, 2.45) is 0 Å². The quantitative estimate of drug-likeness (QED) is 0.680. The summed E-state index contributed by atoms with van der Waals surface area (Å²) in [5.74, 6) is -0.557. The number of nitrogens with one attached hydrogen (secondary N) is 1. The summed E-state index contributed by atoms with van der Waals surface area (Å²) in [6.45, 7) is 2.18. The van der Waals surface area contributed by atoms with Crippen molar-refractivity contribution in [1.82, 2.24) is 9.88 Å². The van der Waals surface area contributed by atoms with Gasteiger partial charge in [0.1, 0.15) is 12.4 Å². The Morgan fingerprint density at radius 2 is 1.92 bits per heavy atom. The first kappa shape index (κ1) is 17.6. The molecule has 4 nitrogen and oxygen atoms in total. The predicted molar refractivity (Wildman–Crippen MR) is 98.7 cm³/mol. The van der Waals surface area contributed by atoms with Crippen molar-refractivity contribution < 1.29 is 14.3 Å². The molecule has 0 spiro atoms. The number of halogens is 2. The number of benzene rings is 2. The van der Waals surface area contributed by atoms with Crippen LogP contribution in [-0.2, 0) is 11.3 Å². The van der Waals surface area contributed by atoms with E-state index in [0.29, 0.717) is 5.56 Å². The van der Waals surface area contributed by atoms with E-state index in [2.05, 4.69) is 21.2 Å². The van der Waals surface area contributed by atoms with Gasteiger partial charge in [0.15, 0.2) is 0 Å². The average molecular weight is 405 g/mol. The molecule has 0 radical (unpaired) electrons. The summed E-state index contributed by atoms with van der Waals surface area (Å²) in [6, 6.07) is 13.4. The molecule has 1 aromatic heterocycles. The maximum Gasteiger partial charge on any atom is 0.240 e. The number of aromatic nitrogens is 1. The Labute approximate surface area is 153 Å². The molecule has 1 unspecified atom stereocenters. The van der Waals surface area contributed by atoms with E-state index < -0.39 is 6.10 Å². The molecule has 2 aromatic carbocycles. The highest BCUT2D eigenvalue weighted by atomic mass is 79.9. The highest BCUT2D eigenvalue weighted by Gasteiger charge is 2.15. The Morgan fingerprint density at radius 3 is 2.64 bits per heavy atom. The van der Waals surface area contributed by atoms with Gasteiger partial charge in [-0.25, -0.2) is 4.39 Å². The van der Waals surface area contributed by atoms with Crippen molar-refractivity contribution in [2.45, 2.75) is 19.6 Å². The van der Waals surface area contributed by atoms with Gasteiger partial charge in [-0.1, -0.05) is 30.3 Å². The van der Waals surface area contributed by atoms with Crippen LogP contribution in [0.4, 0.5) is 4.39 Å². The van der Waals surface area contributed by atoms with Crippen LogP contribution in [-0.4, -0.2) is 22.1 Å². The molecule has 1 atom stereocenters. The number of rotatable bonds is 5. The fourth-order valence-corrected chi connectivity index (χ4v) is 3.35. The van der Waals surface area contributed by atoms with Crippen LogP contribution in [0.1, 0.15) is 17.4 Å². The molecule has 2 N–H and O–H groups in total. The van der Waals surface area contributed by atoms with Gasteiger partial charge in [-0.3, -0.25) is 4.79 Å². The zero-order valence-corrected chi connectivity index (χ0v) is 15.3. The smallest absolute Gasteiger partial charge is 0.240 e. The molecule has 0 saturated heterocycles. The van der Waals surface area contributed by atoms with Crippen molar-refractivity contribution in [3.63, 3.8) is 0 Å². The Kier molecular flexibility index (Phi) is 5.20. The molecule has 1 heterocycles. The number of carbonyl (C=O) groups is 1. The molecule has 25 heavy (non-hydrogen) atoms. The molecule has 0 aliphatic heterocycles. The maximum atomic E-state index is 12.9. The zero-order valence-electron chi connectivity index (χ0n) is 13.7. The van der Waals surface area contributed by atoms with E-state index in [-0.39, 0.29) is 24.8 Å². The number of para-hydroxylation sites is 1. The number of carbonyl (C=O) groups excluding carboxylic acids is 1. The Balaban J connectivity index is 1.67. The van der Waals surface area contributed by atoms with Crippen LogP contribution in [0.25, 0.3) is 10.9 Å². The first-order valence-electron chi connectivity index (χ1n) is 7.91. The van der Waals surface area contributed by atoms with E-state index in [1.165, 1.54) is 24.3 Å². The van der Waals surface area contributed by atoms with E-state index in [9.17, 15) is 14.3 Å². The van der Waals surface area contributed by atoms with Crippen LogP contribution in [0.3, 0.4) is 0 Å². The molecule has 3 aromatic rings. The highest BCUT2D eigenvalue weighted by molar-refractivity contribution is 9.10. The van der Waals surface area contributed by atoms with Gasteiger partial charge in [0.05, 0.1) is 6.10 Å². The lowest BCUT2D eigenvalue weighted by Crippen LogP contribution is -2.31. The van der Waals surface area contributed by atoms with Crippen molar-refractivity contribution in [3.05, 3.63) is 70.1 Å². The molecular formula is C19H18BrFN2O2. The van der Waals surface area contributed by atoms with Gasteiger partial charge >= 0.3 is 0 Å². The Bertz CT molecular complexity index is 906. The van der Waals surface area contributed by atoms with Crippen molar-refractivity contribution in [1.29, 1.82) is 0 Å². The molecular weight excluding hydrogens is 387 g/mol. The molecule has 1 amide bonds. The summed E-state index contributed by atoms with van der Waals surface area (Å²) in [5.41, 5.74) is 2.50. The summed E-state index contributed by atoms with van der Waals surface area (Å²) in [4.78, 5) is 12.3. The number of hydrogen-bond acceptors (Lipinski definition) is 2. The minimum atomic E-state index is -0.876. The molecule has 6 heteroatoms. The topological polar surface area (TPSA) is 54.3 Å². The van der Waals surface area contributed by atoms with Crippen molar-refractivity contribution in [2.75, 3.05) is 6.54 Å². The summed E-state index contributed by atoms with van der Waals surface area (Å²) < 4.78 is 15.8. The molecule has 0 aliphatic rings. The summed E-state index contributed by atoms with van der Waals surface area (Å²) in [5, 5.41) is 13.9. The number of nitrogens with zero attached hydrogens (tertiary/aromatic N) is 1. The van der Waals surface area contributed by atoms with Crippen LogP contribution in [0.15, 0.2) is 53.0 Å². The minimum Gasteiger partial charge on any atom is -0.387 e. The Morgan fingerprint density at radius 1 is 1.24 bits per heavy atom. The van der Waals surface area contributed by atoms with Crippen molar-refractivity contribution in [3.8, 4) is 0 Å². The van der Waals surface area contributed by atoms with Gasteiger partial charge in [0.2, 0.25) is 5.91 Å². The SMILES string of the molecule is Cc1c(Br)c2ccccc2n1CC(=O)NCC(O)c1ccc(F)cc1. The lowest BCUT2D eigenvalue weighted by Gasteiger charge is -2.13. The highest BCUT2D eigenvalue weighted by Crippen LogP contribution is 2.30. The first-order chi connectivity index (χ1) is 12.0. The van der Waals surface area contributed by atoms with Gasteiger partial charge in [0, 0.05) is 27.6 Å². The third-order valence-electron chi connectivity index (χ3n) is 4.20. The fourth-order valence-electron chi connectivity index (χ4n) is 2.81. The number of aliphatic hydroxyl groups excluding tert-OH is 1. The van der Waals surface area contributed by atoms with Gasteiger partial charge in [-0.2, -0.15) is 0 Å². The van der Waals surface area contributed by atoms with E-state index >= 15 is 0 Å². The van der Waals surface area contributed by atoms with Crippen molar-refractivity contribution >= 4 is 32.7 Å². The monoisotopic (exact) mass is 404 g/mol. The van der Waals surface area contributed by atoms with E-state index in [1.54, 1.807) is 0 Å². The van der Waals surface area contributed by atoms with Crippen LogP contribution in [0.5, 0.6) is 0 Å². The normalized spacial score (nSPS) is 12.3. The molecule has 0 bridgehead atoms. The second kappa shape index (κ2) is 7.37. The number of aliphatic hydroxyl groups is 1. The third-order valence-corrected chi connectivity index (χ3v) is 5.20. The summed E-state index contributed by atoms with van der Waals surface area (Å²) in [7, 11) is 0. The summed E-state index contributed by atoms with van der Waals surface area (Å²) >= 11 is 3.57. The lowest BCUT2D eigenvalue weighted by molar-refractivity contribution is -0.122. The van der Waals surface area contributed by atoms with Gasteiger partial charge in [0.25, 0.3) is 0 Å². The molecule has 3 rings (SSSR count). The Hall–Kier alpha value is -2.18. The first-order valence-corrected chi connectivity index (χ1v) is 8.70. The number of fused-ring (bicyclic) bond motifs is 1. The lowest BCUT2D eigenvalue weighted by atomic mass is 10.1. The zero-order chi connectivity index (χ0) is 18.0. The second-order valence-electron chi connectivity index (χ2n) is 5.87. The minimum absolute atomic E-state index is 0.0733. The summed E-state index contributed by atoms with van der Waals surface area (Å²) in [6.07, 6.45) is -0.876. The fraction of sp³-hybridized carbons (Fsp3) is 0.211. The van der Waals surface area contributed by atoms with Gasteiger partial charge in [-0.05, 0) is 46.6 Å². The number of hydrogen-bond donors (Lipinski definition) is 2. The van der Waals surface area contributed by atoms with Crippen LogP contribution < -0.4 is 5.32 Å². The maximum absolute atomic E-state index is 12.9.